The van der Waals surface area contributed by atoms with Crippen LogP contribution in [-0.4, -0.2) is 47.5 Å². The third-order valence-electron chi connectivity index (χ3n) is 5.44. The molecule has 7 heteroatoms. The average Bonchev–Trinajstić information content (AvgIpc) is 2.79. The largest absolute Gasteiger partial charge is 0.444 e. The summed E-state index contributed by atoms with van der Waals surface area (Å²) in [7, 11) is 0. The number of unbranched alkanes of at least 4 members (excludes halogenated alkanes) is 4. The zero-order chi connectivity index (χ0) is 26.4. The predicted octanol–water partition coefficient (Wildman–Crippen LogP) is 4.95. The van der Waals surface area contributed by atoms with Gasteiger partial charge in [-0.1, -0.05) is 63.7 Å². The zero-order valence-electron chi connectivity index (χ0n) is 22.3. The summed E-state index contributed by atoms with van der Waals surface area (Å²) in [6, 6.07) is 5.38. The molecule has 35 heavy (non-hydrogen) atoms. The summed E-state index contributed by atoms with van der Waals surface area (Å²) in [5, 5.41) is 5.61. The average molecular weight is 486 g/mol. The van der Waals surface area contributed by atoms with Crippen molar-refractivity contribution in [3.8, 4) is 12.3 Å². The number of alkyl carbamates (subject to hydrolysis) is 1. The van der Waals surface area contributed by atoms with Gasteiger partial charge >= 0.3 is 6.09 Å². The summed E-state index contributed by atoms with van der Waals surface area (Å²) < 4.78 is 5.32. The monoisotopic (exact) mass is 485 g/mol. The van der Waals surface area contributed by atoms with Gasteiger partial charge in [-0.05, 0) is 52.2 Å². The highest BCUT2D eigenvalue weighted by atomic mass is 16.6. The molecular formula is C28H43N3O4. The fraction of sp³-hybridized carbons (Fsp3) is 0.607. The minimum absolute atomic E-state index is 0.280. The summed E-state index contributed by atoms with van der Waals surface area (Å²) in [6.07, 6.45) is 10.5. The van der Waals surface area contributed by atoms with Crippen molar-refractivity contribution in [2.75, 3.05) is 13.1 Å². The molecule has 0 fully saturated rings. The lowest BCUT2D eigenvalue weighted by atomic mass is 9.97. The van der Waals surface area contributed by atoms with E-state index in [9.17, 15) is 14.4 Å². The van der Waals surface area contributed by atoms with Crippen LogP contribution in [0.5, 0.6) is 0 Å². The molecule has 2 N–H and O–H groups in total. The van der Waals surface area contributed by atoms with Gasteiger partial charge in [0.1, 0.15) is 17.7 Å². The van der Waals surface area contributed by atoms with E-state index >= 15 is 0 Å². The van der Waals surface area contributed by atoms with Gasteiger partial charge in [-0.15, -0.1) is 6.42 Å². The van der Waals surface area contributed by atoms with Gasteiger partial charge in [0.15, 0.2) is 0 Å². The molecule has 0 aliphatic rings. The van der Waals surface area contributed by atoms with Crippen LogP contribution in [0.3, 0.4) is 0 Å². The Kier molecular flexibility index (Phi) is 12.9. The van der Waals surface area contributed by atoms with Gasteiger partial charge in [0.2, 0.25) is 11.8 Å². The molecular weight excluding hydrogens is 442 g/mol. The molecule has 2 unspecified atom stereocenters. The first-order valence-electron chi connectivity index (χ1n) is 12.7. The topological polar surface area (TPSA) is 87.7 Å². The highest BCUT2D eigenvalue weighted by molar-refractivity contribution is 5.92. The van der Waals surface area contributed by atoms with Crippen LogP contribution in [0.2, 0.25) is 0 Å². The Balaban J connectivity index is 3.33. The first kappa shape index (κ1) is 30.0. The number of terminal acetylenes is 1. The molecule has 3 amide bonds. The fourth-order valence-electron chi connectivity index (χ4n) is 3.69. The van der Waals surface area contributed by atoms with Gasteiger partial charge in [-0.3, -0.25) is 9.59 Å². The summed E-state index contributed by atoms with van der Waals surface area (Å²) in [6.45, 7) is 11.9. The van der Waals surface area contributed by atoms with E-state index < -0.39 is 23.8 Å². The van der Waals surface area contributed by atoms with Crippen LogP contribution >= 0.6 is 0 Å². The number of amides is 3. The van der Waals surface area contributed by atoms with Gasteiger partial charge in [-0.2, -0.15) is 0 Å². The SMILES string of the molecule is C#Cc1ccccc1C(C(=O)NCCCCC)N(CCCCC)C(=O)C(C)NC(=O)OC(C)(C)C. The van der Waals surface area contributed by atoms with Crippen LogP contribution in [-0.2, 0) is 14.3 Å². The molecule has 0 aliphatic carbocycles. The van der Waals surface area contributed by atoms with Gasteiger partial charge in [-0.25, -0.2) is 4.79 Å². The number of rotatable bonds is 13. The second-order valence-electron chi connectivity index (χ2n) is 9.74. The van der Waals surface area contributed by atoms with Crippen LogP contribution in [0.25, 0.3) is 0 Å². The van der Waals surface area contributed by atoms with Crippen molar-refractivity contribution in [2.24, 2.45) is 0 Å². The maximum Gasteiger partial charge on any atom is 0.408 e. The van der Waals surface area contributed by atoms with E-state index in [1.54, 1.807) is 44.7 Å². The predicted molar refractivity (Wildman–Crippen MR) is 140 cm³/mol. The minimum Gasteiger partial charge on any atom is -0.444 e. The number of carbonyl (C=O) groups excluding carboxylic acids is 3. The smallest absolute Gasteiger partial charge is 0.408 e. The molecule has 0 aromatic heterocycles. The second kappa shape index (κ2) is 15.1. The van der Waals surface area contributed by atoms with E-state index in [1.165, 1.54) is 0 Å². The lowest BCUT2D eigenvalue weighted by molar-refractivity contribution is -0.142. The molecule has 0 bridgehead atoms. The number of nitrogens with zero attached hydrogens (tertiary/aromatic N) is 1. The van der Waals surface area contributed by atoms with Gasteiger partial charge in [0.05, 0.1) is 0 Å². The van der Waals surface area contributed by atoms with Crippen molar-refractivity contribution in [3.05, 3.63) is 35.4 Å². The summed E-state index contributed by atoms with van der Waals surface area (Å²) in [5.41, 5.74) is 0.458. The van der Waals surface area contributed by atoms with Crippen LogP contribution < -0.4 is 10.6 Å². The zero-order valence-corrected chi connectivity index (χ0v) is 22.3. The minimum atomic E-state index is -0.906. The third kappa shape index (κ3) is 10.4. The van der Waals surface area contributed by atoms with Crippen LogP contribution in [0.15, 0.2) is 24.3 Å². The van der Waals surface area contributed by atoms with Crippen molar-refractivity contribution < 1.29 is 19.1 Å². The molecule has 0 heterocycles. The Hall–Kier alpha value is -3.01. The number of hydrogen-bond donors (Lipinski definition) is 2. The molecule has 1 aromatic rings. The number of ether oxygens (including phenoxy) is 1. The maximum absolute atomic E-state index is 13.7. The molecule has 0 spiro atoms. The van der Waals surface area contributed by atoms with Crippen molar-refractivity contribution >= 4 is 17.9 Å². The van der Waals surface area contributed by atoms with Gasteiger partial charge in [0, 0.05) is 18.7 Å². The van der Waals surface area contributed by atoms with Crippen molar-refractivity contribution in [2.45, 2.75) is 97.8 Å². The highest BCUT2D eigenvalue weighted by Gasteiger charge is 2.35. The Morgan fingerprint density at radius 3 is 2.29 bits per heavy atom. The Morgan fingerprint density at radius 1 is 1.06 bits per heavy atom. The first-order chi connectivity index (χ1) is 16.6. The number of hydrogen-bond acceptors (Lipinski definition) is 4. The van der Waals surface area contributed by atoms with E-state index in [4.69, 9.17) is 11.2 Å². The Bertz CT molecular complexity index is 870. The fourth-order valence-corrected chi connectivity index (χ4v) is 3.69. The van der Waals surface area contributed by atoms with Crippen LogP contribution in [0.4, 0.5) is 4.79 Å². The van der Waals surface area contributed by atoms with Crippen molar-refractivity contribution in [3.63, 3.8) is 0 Å². The second-order valence-corrected chi connectivity index (χ2v) is 9.74. The molecule has 7 nitrogen and oxygen atoms in total. The van der Waals surface area contributed by atoms with Crippen LogP contribution in [0, 0.1) is 12.3 Å². The van der Waals surface area contributed by atoms with Crippen LogP contribution in [0.1, 0.15) is 97.2 Å². The molecule has 1 rings (SSSR count). The summed E-state index contributed by atoms with van der Waals surface area (Å²) in [4.78, 5) is 41.0. The van der Waals surface area contributed by atoms with Crippen molar-refractivity contribution in [1.29, 1.82) is 0 Å². The van der Waals surface area contributed by atoms with E-state index in [0.29, 0.717) is 24.2 Å². The third-order valence-corrected chi connectivity index (χ3v) is 5.44. The van der Waals surface area contributed by atoms with Gasteiger partial charge < -0.3 is 20.3 Å². The highest BCUT2D eigenvalue weighted by Crippen LogP contribution is 2.26. The molecule has 0 radical (unpaired) electrons. The lowest BCUT2D eigenvalue weighted by Crippen LogP contribution is -2.52. The summed E-state index contributed by atoms with van der Waals surface area (Å²) >= 11 is 0. The van der Waals surface area contributed by atoms with Gasteiger partial charge in [0.25, 0.3) is 0 Å². The van der Waals surface area contributed by atoms with E-state index in [2.05, 4.69) is 30.4 Å². The molecule has 194 valence electrons. The molecule has 0 saturated heterocycles. The molecule has 1 aromatic carbocycles. The molecule has 0 saturated carbocycles. The van der Waals surface area contributed by atoms with E-state index in [1.807, 2.05) is 12.1 Å². The van der Waals surface area contributed by atoms with E-state index in [-0.39, 0.29) is 11.8 Å². The summed E-state index contributed by atoms with van der Waals surface area (Å²) in [5.74, 6) is 2.00. The lowest BCUT2D eigenvalue weighted by Gasteiger charge is -2.34. The number of carbonyl (C=O) groups is 3. The maximum atomic E-state index is 13.7. The molecule has 0 aliphatic heterocycles. The first-order valence-corrected chi connectivity index (χ1v) is 12.7. The Labute approximate surface area is 211 Å². The number of nitrogens with one attached hydrogen (secondary N) is 2. The standard InChI is InChI=1S/C28H43N3O4/c1-8-11-15-19-29-25(32)24(23-18-14-13-17-22(23)10-3)31(20-16-12-9-2)26(33)21(4)30-27(34)35-28(5,6)7/h3,13-14,17-18,21,24H,8-9,11-12,15-16,19-20H2,1-2,4-7H3,(H,29,32)(H,30,34). The molecule has 2 atom stereocenters. The quantitative estimate of drug-likeness (QED) is 0.306. The normalized spacial score (nSPS) is 12.7. The van der Waals surface area contributed by atoms with Crippen molar-refractivity contribution in [1.82, 2.24) is 15.5 Å². The van der Waals surface area contributed by atoms with E-state index in [0.717, 1.165) is 38.5 Å². The Morgan fingerprint density at radius 2 is 1.69 bits per heavy atom. The number of benzene rings is 1.